The molecule has 17 heavy (non-hydrogen) atoms. The van der Waals surface area contributed by atoms with Gasteiger partial charge in [-0.1, -0.05) is 19.8 Å². The fourth-order valence-corrected chi connectivity index (χ4v) is 3.11. The summed E-state index contributed by atoms with van der Waals surface area (Å²) in [5, 5.41) is 3.64. The zero-order chi connectivity index (χ0) is 11.9. The van der Waals surface area contributed by atoms with E-state index < -0.39 is 0 Å². The average molecular weight is 240 g/mol. The molecule has 1 N–H and O–H groups in total. The molecule has 100 valence electrons. The maximum Gasteiger partial charge on any atom is 0.0594 e. The average Bonchev–Trinajstić information content (AvgIpc) is 2.36. The SMILES string of the molecule is CC1CCCC(CNCCN2CCOCC2)C1. The highest BCUT2D eigenvalue weighted by Gasteiger charge is 2.18. The van der Waals surface area contributed by atoms with Crippen molar-refractivity contribution in [3.05, 3.63) is 0 Å². The predicted octanol–water partition coefficient (Wildman–Crippen LogP) is 1.73. The Morgan fingerprint density at radius 2 is 2.06 bits per heavy atom. The predicted molar refractivity (Wildman–Crippen MR) is 71.3 cm³/mol. The van der Waals surface area contributed by atoms with Crippen LogP contribution in [0.5, 0.6) is 0 Å². The summed E-state index contributed by atoms with van der Waals surface area (Å²) in [6, 6.07) is 0. The minimum absolute atomic E-state index is 0.917. The molecule has 0 amide bonds. The summed E-state index contributed by atoms with van der Waals surface area (Å²) in [6.45, 7) is 10.0. The highest BCUT2D eigenvalue weighted by molar-refractivity contribution is 4.72. The molecule has 2 atom stereocenters. The molecule has 0 radical (unpaired) electrons. The molecule has 0 aromatic heterocycles. The Kier molecular flexibility index (Phi) is 5.75. The van der Waals surface area contributed by atoms with Gasteiger partial charge in [0.05, 0.1) is 13.2 Å². The fraction of sp³-hybridized carbons (Fsp3) is 1.00. The molecule has 0 aromatic carbocycles. The lowest BCUT2D eigenvalue weighted by Gasteiger charge is -2.29. The summed E-state index contributed by atoms with van der Waals surface area (Å²) in [5.74, 6) is 1.89. The zero-order valence-electron chi connectivity index (χ0n) is 11.3. The van der Waals surface area contributed by atoms with Crippen LogP contribution < -0.4 is 5.32 Å². The van der Waals surface area contributed by atoms with Crippen molar-refractivity contribution >= 4 is 0 Å². The van der Waals surface area contributed by atoms with Crippen molar-refractivity contribution in [2.45, 2.75) is 32.6 Å². The number of nitrogens with zero attached hydrogens (tertiary/aromatic N) is 1. The van der Waals surface area contributed by atoms with Crippen LogP contribution >= 0.6 is 0 Å². The van der Waals surface area contributed by atoms with Gasteiger partial charge in [-0.05, 0) is 31.2 Å². The number of morpholine rings is 1. The molecule has 0 bridgehead atoms. The maximum absolute atomic E-state index is 5.35. The highest BCUT2D eigenvalue weighted by atomic mass is 16.5. The molecule has 3 nitrogen and oxygen atoms in total. The van der Waals surface area contributed by atoms with Crippen LogP contribution in [-0.2, 0) is 4.74 Å². The summed E-state index contributed by atoms with van der Waals surface area (Å²) in [4.78, 5) is 2.50. The van der Waals surface area contributed by atoms with Crippen molar-refractivity contribution in [1.82, 2.24) is 10.2 Å². The third kappa shape index (κ3) is 4.94. The van der Waals surface area contributed by atoms with Gasteiger partial charge < -0.3 is 10.1 Å². The zero-order valence-corrected chi connectivity index (χ0v) is 11.3. The molecular formula is C14H28N2O. The number of hydrogen-bond donors (Lipinski definition) is 1. The van der Waals surface area contributed by atoms with Crippen LogP contribution in [0, 0.1) is 11.8 Å². The molecule has 1 saturated carbocycles. The van der Waals surface area contributed by atoms with Crippen LogP contribution in [-0.4, -0.2) is 50.8 Å². The van der Waals surface area contributed by atoms with Gasteiger partial charge >= 0.3 is 0 Å². The summed E-state index contributed by atoms with van der Waals surface area (Å²) in [5.41, 5.74) is 0. The summed E-state index contributed by atoms with van der Waals surface area (Å²) < 4.78 is 5.35. The van der Waals surface area contributed by atoms with Crippen molar-refractivity contribution in [1.29, 1.82) is 0 Å². The molecular weight excluding hydrogens is 212 g/mol. The lowest BCUT2D eigenvalue weighted by molar-refractivity contribution is 0.0382. The van der Waals surface area contributed by atoms with E-state index in [4.69, 9.17) is 4.74 Å². The van der Waals surface area contributed by atoms with Gasteiger partial charge in [0.2, 0.25) is 0 Å². The minimum atomic E-state index is 0.917. The third-order valence-electron chi connectivity index (χ3n) is 4.19. The number of nitrogens with one attached hydrogen (secondary N) is 1. The van der Waals surface area contributed by atoms with Crippen molar-refractivity contribution in [2.24, 2.45) is 11.8 Å². The van der Waals surface area contributed by atoms with Gasteiger partial charge in [0.1, 0.15) is 0 Å². The Labute approximate surface area is 106 Å². The van der Waals surface area contributed by atoms with Gasteiger partial charge in [-0.2, -0.15) is 0 Å². The van der Waals surface area contributed by atoms with E-state index in [9.17, 15) is 0 Å². The van der Waals surface area contributed by atoms with Crippen LogP contribution in [0.15, 0.2) is 0 Å². The fourth-order valence-electron chi connectivity index (χ4n) is 3.11. The van der Waals surface area contributed by atoms with Crippen LogP contribution in [0.25, 0.3) is 0 Å². The molecule has 0 aromatic rings. The Balaban J connectivity index is 1.50. The van der Waals surface area contributed by atoms with E-state index in [1.165, 1.54) is 38.8 Å². The molecule has 2 fully saturated rings. The molecule has 1 saturated heterocycles. The van der Waals surface area contributed by atoms with Crippen molar-refractivity contribution < 1.29 is 4.74 Å². The van der Waals surface area contributed by atoms with Crippen molar-refractivity contribution in [3.8, 4) is 0 Å². The quantitative estimate of drug-likeness (QED) is 0.741. The van der Waals surface area contributed by atoms with Crippen LogP contribution in [0.2, 0.25) is 0 Å². The maximum atomic E-state index is 5.35. The first-order chi connectivity index (χ1) is 8.34. The lowest BCUT2D eigenvalue weighted by Crippen LogP contribution is -2.41. The van der Waals surface area contributed by atoms with E-state index in [0.29, 0.717) is 0 Å². The number of hydrogen-bond acceptors (Lipinski definition) is 3. The van der Waals surface area contributed by atoms with Gasteiger partial charge in [0.15, 0.2) is 0 Å². The van der Waals surface area contributed by atoms with Crippen molar-refractivity contribution in [3.63, 3.8) is 0 Å². The van der Waals surface area contributed by atoms with Gasteiger partial charge in [-0.15, -0.1) is 0 Å². The molecule has 1 heterocycles. The summed E-state index contributed by atoms with van der Waals surface area (Å²) in [7, 11) is 0. The summed E-state index contributed by atoms with van der Waals surface area (Å²) in [6.07, 6.45) is 5.76. The molecule has 2 aliphatic rings. The summed E-state index contributed by atoms with van der Waals surface area (Å²) >= 11 is 0. The van der Waals surface area contributed by atoms with E-state index in [1.807, 2.05) is 0 Å². The molecule has 1 aliphatic carbocycles. The molecule has 0 spiro atoms. The Hall–Kier alpha value is -0.120. The first-order valence-electron chi connectivity index (χ1n) is 7.35. The minimum Gasteiger partial charge on any atom is -0.379 e. The number of ether oxygens (including phenoxy) is 1. The Morgan fingerprint density at radius 1 is 1.24 bits per heavy atom. The van der Waals surface area contributed by atoms with E-state index >= 15 is 0 Å². The first-order valence-corrected chi connectivity index (χ1v) is 7.35. The second kappa shape index (κ2) is 7.34. The van der Waals surface area contributed by atoms with E-state index in [2.05, 4.69) is 17.1 Å². The number of rotatable bonds is 5. The first kappa shape index (κ1) is 13.3. The molecule has 2 unspecified atom stereocenters. The van der Waals surface area contributed by atoms with Gasteiger partial charge in [0, 0.05) is 26.2 Å². The monoisotopic (exact) mass is 240 g/mol. The largest absolute Gasteiger partial charge is 0.379 e. The Morgan fingerprint density at radius 3 is 2.82 bits per heavy atom. The molecule has 1 aliphatic heterocycles. The lowest BCUT2D eigenvalue weighted by atomic mass is 9.82. The normalized spacial score (nSPS) is 31.6. The van der Waals surface area contributed by atoms with Gasteiger partial charge in [-0.25, -0.2) is 0 Å². The molecule has 3 heteroatoms. The van der Waals surface area contributed by atoms with Gasteiger partial charge in [-0.3, -0.25) is 4.90 Å². The van der Waals surface area contributed by atoms with Gasteiger partial charge in [0.25, 0.3) is 0 Å². The third-order valence-corrected chi connectivity index (χ3v) is 4.19. The Bertz CT molecular complexity index is 204. The van der Waals surface area contributed by atoms with E-state index in [0.717, 1.165) is 44.7 Å². The van der Waals surface area contributed by atoms with Crippen LogP contribution in [0.1, 0.15) is 32.6 Å². The van der Waals surface area contributed by atoms with Crippen LogP contribution in [0.4, 0.5) is 0 Å². The van der Waals surface area contributed by atoms with E-state index in [-0.39, 0.29) is 0 Å². The standard InChI is InChI=1S/C14H28N2O/c1-13-3-2-4-14(11-13)12-15-5-6-16-7-9-17-10-8-16/h13-15H,2-12H2,1H3. The van der Waals surface area contributed by atoms with Crippen LogP contribution in [0.3, 0.4) is 0 Å². The second-order valence-electron chi connectivity index (χ2n) is 5.80. The van der Waals surface area contributed by atoms with Crippen molar-refractivity contribution in [2.75, 3.05) is 45.9 Å². The van der Waals surface area contributed by atoms with E-state index in [1.54, 1.807) is 0 Å². The molecule has 2 rings (SSSR count). The second-order valence-corrected chi connectivity index (χ2v) is 5.80. The highest BCUT2D eigenvalue weighted by Crippen LogP contribution is 2.27. The smallest absolute Gasteiger partial charge is 0.0594 e. The topological polar surface area (TPSA) is 24.5 Å².